The van der Waals surface area contributed by atoms with Crippen LogP contribution >= 0.6 is 0 Å². The third kappa shape index (κ3) is 2.90. The first-order valence-corrected chi connectivity index (χ1v) is 7.55. The molecule has 3 aromatic rings. The monoisotopic (exact) mass is 328 g/mol. The van der Waals surface area contributed by atoms with Crippen molar-refractivity contribution in [1.82, 2.24) is 20.1 Å². The Bertz CT molecular complexity index is 823. The minimum Gasteiger partial charge on any atom is -0.415 e. The van der Waals surface area contributed by atoms with Crippen molar-refractivity contribution in [2.24, 2.45) is 0 Å². The van der Waals surface area contributed by atoms with Crippen molar-refractivity contribution in [1.29, 1.82) is 0 Å². The van der Waals surface area contributed by atoms with Crippen LogP contribution in [0.2, 0.25) is 0 Å². The summed E-state index contributed by atoms with van der Waals surface area (Å²) in [4.78, 5) is 6.68. The SMILES string of the molecule is FC(F)c1nnc(-c2ccc(CN3Cc4ccccc4C3)nc2)o1. The van der Waals surface area contributed by atoms with E-state index in [1.54, 1.807) is 12.3 Å². The zero-order chi connectivity index (χ0) is 16.5. The molecule has 0 bridgehead atoms. The van der Waals surface area contributed by atoms with E-state index in [4.69, 9.17) is 4.42 Å². The molecule has 0 amide bonds. The summed E-state index contributed by atoms with van der Waals surface area (Å²) in [6.07, 6.45) is -1.20. The average Bonchev–Trinajstić information content (AvgIpc) is 3.22. The Kier molecular flexibility index (Phi) is 3.78. The molecule has 0 aliphatic carbocycles. The molecule has 1 aliphatic heterocycles. The zero-order valence-corrected chi connectivity index (χ0v) is 12.7. The second-order valence-corrected chi connectivity index (χ2v) is 5.70. The quantitative estimate of drug-likeness (QED) is 0.732. The fraction of sp³-hybridized carbons (Fsp3) is 0.235. The number of nitrogens with zero attached hydrogens (tertiary/aromatic N) is 4. The largest absolute Gasteiger partial charge is 0.415 e. The summed E-state index contributed by atoms with van der Waals surface area (Å²) in [7, 11) is 0. The van der Waals surface area contributed by atoms with Crippen molar-refractivity contribution in [2.45, 2.75) is 26.1 Å². The van der Waals surface area contributed by atoms with Gasteiger partial charge in [-0.2, -0.15) is 8.78 Å². The summed E-state index contributed by atoms with van der Waals surface area (Å²) in [6, 6.07) is 12.0. The van der Waals surface area contributed by atoms with Crippen LogP contribution in [0.15, 0.2) is 47.0 Å². The highest BCUT2D eigenvalue weighted by molar-refractivity contribution is 5.50. The van der Waals surface area contributed by atoms with Crippen molar-refractivity contribution in [2.75, 3.05) is 0 Å². The summed E-state index contributed by atoms with van der Waals surface area (Å²) in [5.41, 5.74) is 4.13. The summed E-state index contributed by atoms with van der Waals surface area (Å²) in [5.74, 6) is -0.623. The van der Waals surface area contributed by atoms with Gasteiger partial charge in [-0.3, -0.25) is 9.88 Å². The van der Waals surface area contributed by atoms with Gasteiger partial charge >= 0.3 is 6.43 Å². The smallest absolute Gasteiger partial charge is 0.314 e. The van der Waals surface area contributed by atoms with Crippen molar-refractivity contribution in [3.8, 4) is 11.5 Å². The van der Waals surface area contributed by atoms with Gasteiger partial charge in [0.1, 0.15) is 0 Å². The average molecular weight is 328 g/mol. The number of hydrogen-bond donors (Lipinski definition) is 0. The van der Waals surface area contributed by atoms with E-state index >= 15 is 0 Å². The summed E-state index contributed by atoms with van der Waals surface area (Å²) in [6.45, 7) is 2.53. The molecule has 0 atom stereocenters. The second-order valence-electron chi connectivity index (χ2n) is 5.70. The lowest BCUT2D eigenvalue weighted by molar-refractivity contribution is 0.116. The van der Waals surface area contributed by atoms with Crippen LogP contribution in [0, 0.1) is 0 Å². The molecule has 0 unspecified atom stereocenters. The number of rotatable bonds is 4. The van der Waals surface area contributed by atoms with Crippen LogP contribution in [0.3, 0.4) is 0 Å². The van der Waals surface area contributed by atoms with Gasteiger partial charge < -0.3 is 4.42 Å². The standard InChI is InChI=1S/C17H14F2N4O/c18-15(19)17-22-21-16(24-17)11-5-6-14(20-7-11)10-23-8-12-3-1-2-4-13(12)9-23/h1-7,15H,8-10H2. The van der Waals surface area contributed by atoms with E-state index in [1.165, 1.54) is 11.1 Å². The Morgan fingerprint density at radius 2 is 1.79 bits per heavy atom. The Labute approximate surface area is 137 Å². The maximum atomic E-state index is 12.5. The molecule has 0 fully saturated rings. The maximum Gasteiger partial charge on any atom is 0.314 e. The lowest BCUT2D eigenvalue weighted by Gasteiger charge is -2.14. The highest BCUT2D eigenvalue weighted by Gasteiger charge is 2.19. The molecule has 7 heteroatoms. The molecule has 0 N–H and O–H groups in total. The van der Waals surface area contributed by atoms with Gasteiger partial charge in [-0.25, -0.2) is 0 Å². The number of aromatic nitrogens is 3. The molecule has 2 aromatic heterocycles. The third-order valence-corrected chi connectivity index (χ3v) is 3.99. The highest BCUT2D eigenvalue weighted by Crippen LogP contribution is 2.25. The molecule has 1 aliphatic rings. The van der Waals surface area contributed by atoms with E-state index in [2.05, 4.69) is 32.2 Å². The Hall–Kier alpha value is -2.67. The van der Waals surface area contributed by atoms with Crippen molar-refractivity contribution in [3.05, 3.63) is 65.3 Å². The summed E-state index contributed by atoms with van der Waals surface area (Å²) < 4.78 is 29.9. The molecule has 4 rings (SSSR count). The van der Waals surface area contributed by atoms with E-state index in [0.29, 0.717) is 5.56 Å². The third-order valence-electron chi connectivity index (χ3n) is 3.99. The molecule has 1 aromatic carbocycles. The highest BCUT2D eigenvalue weighted by atomic mass is 19.3. The first kappa shape index (κ1) is 14.9. The van der Waals surface area contributed by atoms with E-state index in [0.717, 1.165) is 25.3 Å². The van der Waals surface area contributed by atoms with E-state index < -0.39 is 12.3 Å². The predicted molar refractivity (Wildman–Crippen MR) is 81.9 cm³/mol. The molecule has 122 valence electrons. The number of fused-ring (bicyclic) bond motifs is 1. The number of benzene rings is 1. The van der Waals surface area contributed by atoms with Gasteiger partial charge in [0.15, 0.2) is 0 Å². The van der Waals surface area contributed by atoms with Crippen molar-refractivity contribution in [3.63, 3.8) is 0 Å². The molecule has 0 saturated heterocycles. The van der Waals surface area contributed by atoms with Crippen LogP contribution in [0.4, 0.5) is 8.78 Å². The van der Waals surface area contributed by atoms with Crippen LogP contribution in [0.5, 0.6) is 0 Å². The van der Waals surface area contributed by atoms with Crippen molar-refractivity contribution < 1.29 is 13.2 Å². The molecule has 3 heterocycles. The van der Waals surface area contributed by atoms with Gasteiger partial charge in [0.05, 0.1) is 11.3 Å². The van der Waals surface area contributed by atoms with Crippen LogP contribution in [-0.4, -0.2) is 20.1 Å². The fourth-order valence-electron chi connectivity index (χ4n) is 2.83. The molecule has 0 radical (unpaired) electrons. The van der Waals surface area contributed by atoms with Gasteiger partial charge in [-0.15, -0.1) is 10.2 Å². The number of halogens is 2. The van der Waals surface area contributed by atoms with E-state index in [1.807, 2.05) is 18.2 Å². The van der Waals surface area contributed by atoms with Crippen molar-refractivity contribution >= 4 is 0 Å². The molecule has 0 saturated carbocycles. The molecule has 5 nitrogen and oxygen atoms in total. The van der Waals surface area contributed by atoms with Crippen LogP contribution in [0.1, 0.15) is 29.1 Å². The second kappa shape index (κ2) is 6.09. The molecular weight excluding hydrogens is 314 g/mol. The van der Waals surface area contributed by atoms with Crippen LogP contribution < -0.4 is 0 Å². The van der Waals surface area contributed by atoms with Crippen LogP contribution in [0.25, 0.3) is 11.5 Å². The Morgan fingerprint density at radius 1 is 1.04 bits per heavy atom. The van der Waals surface area contributed by atoms with E-state index in [-0.39, 0.29) is 5.89 Å². The summed E-state index contributed by atoms with van der Waals surface area (Å²) >= 11 is 0. The normalized spacial score (nSPS) is 14.3. The zero-order valence-electron chi connectivity index (χ0n) is 12.7. The summed E-state index contributed by atoms with van der Waals surface area (Å²) in [5, 5.41) is 6.94. The van der Waals surface area contributed by atoms with Gasteiger partial charge in [0, 0.05) is 25.8 Å². The lowest BCUT2D eigenvalue weighted by Crippen LogP contribution is -2.16. The van der Waals surface area contributed by atoms with Gasteiger partial charge in [-0.1, -0.05) is 24.3 Å². The van der Waals surface area contributed by atoms with E-state index in [9.17, 15) is 8.78 Å². The first-order chi connectivity index (χ1) is 11.7. The predicted octanol–water partition coefficient (Wildman–Crippen LogP) is 3.59. The first-order valence-electron chi connectivity index (χ1n) is 7.55. The topological polar surface area (TPSA) is 55.1 Å². The number of hydrogen-bond acceptors (Lipinski definition) is 5. The van der Waals surface area contributed by atoms with Gasteiger partial charge in [0.2, 0.25) is 5.89 Å². The van der Waals surface area contributed by atoms with Crippen LogP contribution in [-0.2, 0) is 19.6 Å². The molecular formula is C17H14F2N4O. The minimum atomic E-state index is -2.77. The Morgan fingerprint density at radius 3 is 2.38 bits per heavy atom. The number of alkyl halides is 2. The lowest BCUT2D eigenvalue weighted by atomic mass is 10.1. The van der Waals surface area contributed by atoms with Gasteiger partial charge in [0.25, 0.3) is 5.89 Å². The molecule has 0 spiro atoms. The minimum absolute atomic E-state index is 0.0536. The fourth-order valence-corrected chi connectivity index (χ4v) is 2.83. The maximum absolute atomic E-state index is 12.5. The van der Waals surface area contributed by atoms with Gasteiger partial charge in [-0.05, 0) is 23.3 Å². The number of pyridine rings is 1. The molecule has 24 heavy (non-hydrogen) atoms. The Balaban J connectivity index is 1.45.